The summed E-state index contributed by atoms with van der Waals surface area (Å²) in [7, 11) is 0. The van der Waals surface area contributed by atoms with Crippen LogP contribution in [0, 0.1) is 0 Å². The molecular formula is C54H96O9. The maximum atomic E-state index is 12.8. The van der Waals surface area contributed by atoms with Gasteiger partial charge in [-0.1, -0.05) is 209 Å². The van der Waals surface area contributed by atoms with Gasteiger partial charge in [-0.15, -0.1) is 0 Å². The van der Waals surface area contributed by atoms with Crippen molar-refractivity contribution in [3.05, 3.63) is 60.8 Å². The summed E-state index contributed by atoms with van der Waals surface area (Å²) in [6, 6.07) is 0. The maximum absolute atomic E-state index is 12.8. The van der Waals surface area contributed by atoms with E-state index in [2.05, 4.69) is 74.6 Å². The maximum Gasteiger partial charge on any atom is 0.306 e. The molecule has 0 bridgehead atoms. The fourth-order valence-corrected chi connectivity index (χ4v) is 7.70. The van der Waals surface area contributed by atoms with Crippen molar-refractivity contribution in [1.82, 2.24) is 0 Å². The molecule has 1 aliphatic rings. The van der Waals surface area contributed by atoms with E-state index in [1.807, 2.05) is 0 Å². The van der Waals surface area contributed by atoms with E-state index >= 15 is 0 Å². The molecule has 1 saturated heterocycles. The second-order valence-electron chi connectivity index (χ2n) is 17.6. The first-order valence-corrected chi connectivity index (χ1v) is 25.9. The lowest BCUT2D eigenvalue weighted by Gasteiger charge is -2.39. The van der Waals surface area contributed by atoms with E-state index < -0.39 is 43.4 Å². The summed E-state index contributed by atoms with van der Waals surface area (Å²) < 4.78 is 22.8. The zero-order chi connectivity index (χ0) is 45.7. The molecule has 366 valence electrons. The Morgan fingerprint density at radius 2 is 0.968 bits per heavy atom. The standard InChI is InChI=1S/C54H96O9/c1-3-5-7-9-11-13-15-17-19-21-23-24-25-26-27-29-31-33-35-37-39-41-43-50(56)62-48(47-61-54-53(59)52(58)51(57)49(45-55)63-54)46-60-44-42-40-38-36-34-32-30-28-22-20-18-16-14-12-10-8-6-4-2/h6,8,12,14,18,20,28,30,34,36,48-49,51-55,57-59H,3-5,7,9-11,13,15-17,19,21-27,29,31-33,35,37-47H2,1-2H3/b8-6-,14-12-,20-18-,30-28-,36-34-. The van der Waals surface area contributed by atoms with Gasteiger partial charge in [0.15, 0.2) is 6.29 Å². The van der Waals surface area contributed by atoms with Gasteiger partial charge in [0.2, 0.25) is 0 Å². The van der Waals surface area contributed by atoms with Crippen LogP contribution in [0.1, 0.15) is 213 Å². The predicted molar refractivity (Wildman–Crippen MR) is 261 cm³/mol. The average molecular weight is 889 g/mol. The summed E-state index contributed by atoms with van der Waals surface area (Å²) in [6.07, 6.45) is 51.2. The van der Waals surface area contributed by atoms with Gasteiger partial charge in [0.25, 0.3) is 0 Å². The number of aliphatic hydroxyl groups is 4. The second kappa shape index (κ2) is 45.1. The summed E-state index contributed by atoms with van der Waals surface area (Å²) in [5.74, 6) is -0.326. The Morgan fingerprint density at radius 3 is 1.43 bits per heavy atom. The van der Waals surface area contributed by atoms with E-state index in [1.165, 1.54) is 122 Å². The van der Waals surface area contributed by atoms with E-state index in [0.717, 1.165) is 70.6 Å². The third-order valence-corrected chi connectivity index (χ3v) is 11.7. The van der Waals surface area contributed by atoms with Crippen LogP contribution in [0.4, 0.5) is 0 Å². The Balaban J connectivity index is 2.22. The molecule has 9 nitrogen and oxygen atoms in total. The first-order chi connectivity index (χ1) is 30.9. The van der Waals surface area contributed by atoms with Crippen LogP contribution in [0.3, 0.4) is 0 Å². The number of carbonyl (C=O) groups is 1. The van der Waals surface area contributed by atoms with Gasteiger partial charge in [-0.3, -0.25) is 4.79 Å². The molecule has 63 heavy (non-hydrogen) atoms. The molecule has 1 aliphatic heterocycles. The zero-order valence-corrected chi connectivity index (χ0v) is 40.3. The lowest BCUT2D eigenvalue weighted by molar-refractivity contribution is -0.305. The minimum atomic E-state index is -1.55. The van der Waals surface area contributed by atoms with Gasteiger partial charge >= 0.3 is 5.97 Å². The Hall–Kier alpha value is -2.11. The number of hydrogen-bond donors (Lipinski definition) is 4. The van der Waals surface area contributed by atoms with Gasteiger partial charge in [-0.2, -0.15) is 0 Å². The van der Waals surface area contributed by atoms with Crippen LogP contribution in [-0.2, 0) is 23.7 Å². The molecule has 6 atom stereocenters. The van der Waals surface area contributed by atoms with Crippen LogP contribution in [0.2, 0.25) is 0 Å². The molecule has 0 saturated carbocycles. The Bertz CT molecular complexity index is 1150. The van der Waals surface area contributed by atoms with Gasteiger partial charge in [-0.05, 0) is 57.8 Å². The highest BCUT2D eigenvalue weighted by Gasteiger charge is 2.44. The molecule has 0 radical (unpaired) electrons. The number of allylic oxidation sites excluding steroid dienone is 10. The molecule has 6 unspecified atom stereocenters. The van der Waals surface area contributed by atoms with Crippen molar-refractivity contribution in [3.63, 3.8) is 0 Å². The first-order valence-electron chi connectivity index (χ1n) is 25.9. The van der Waals surface area contributed by atoms with E-state index in [-0.39, 0.29) is 19.2 Å². The average Bonchev–Trinajstić information content (AvgIpc) is 3.28. The topological polar surface area (TPSA) is 135 Å². The fourth-order valence-electron chi connectivity index (χ4n) is 7.70. The quantitative estimate of drug-likeness (QED) is 0.0268. The molecule has 1 rings (SSSR count). The molecule has 1 heterocycles. The fraction of sp³-hybridized carbons (Fsp3) is 0.796. The smallest absolute Gasteiger partial charge is 0.306 e. The molecule has 0 aromatic heterocycles. The SMILES string of the molecule is CC/C=C\C/C=C\C/C=C\C/C=C\C/C=C\CCCCOCC(COC1OC(CO)C(O)C(O)C1O)OC(=O)CCCCCCCCCCCCCCCCCCCCCCCC. The Kier molecular flexibility index (Phi) is 42.1. The molecule has 0 aromatic rings. The highest BCUT2D eigenvalue weighted by molar-refractivity contribution is 5.69. The minimum absolute atomic E-state index is 0.115. The van der Waals surface area contributed by atoms with Gasteiger partial charge in [0, 0.05) is 13.0 Å². The third-order valence-electron chi connectivity index (χ3n) is 11.7. The van der Waals surface area contributed by atoms with Crippen LogP contribution in [0.5, 0.6) is 0 Å². The van der Waals surface area contributed by atoms with Crippen molar-refractivity contribution in [2.45, 2.75) is 250 Å². The summed E-state index contributed by atoms with van der Waals surface area (Å²) in [5, 5.41) is 40.2. The molecule has 4 N–H and O–H groups in total. The van der Waals surface area contributed by atoms with Crippen LogP contribution < -0.4 is 0 Å². The third kappa shape index (κ3) is 35.8. The van der Waals surface area contributed by atoms with Crippen LogP contribution in [0.15, 0.2) is 60.8 Å². The lowest BCUT2D eigenvalue weighted by Crippen LogP contribution is -2.59. The highest BCUT2D eigenvalue weighted by Crippen LogP contribution is 2.23. The van der Waals surface area contributed by atoms with Crippen LogP contribution in [-0.4, -0.2) is 89.6 Å². The molecule has 1 fully saturated rings. The monoisotopic (exact) mass is 889 g/mol. The number of unbranched alkanes of at least 4 members (excludes halogenated alkanes) is 23. The van der Waals surface area contributed by atoms with Gasteiger partial charge < -0.3 is 39.4 Å². The number of aliphatic hydroxyl groups excluding tert-OH is 4. The van der Waals surface area contributed by atoms with Gasteiger partial charge in [0.1, 0.15) is 30.5 Å². The first kappa shape index (κ1) is 58.9. The van der Waals surface area contributed by atoms with Crippen LogP contribution in [0.25, 0.3) is 0 Å². The van der Waals surface area contributed by atoms with E-state index in [0.29, 0.717) is 13.0 Å². The molecule has 0 aromatic carbocycles. The normalized spacial score (nSPS) is 20.1. The molecule has 0 spiro atoms. The number of hydrogen-bond acceptors (Lipinski definition) is 9. The number of ether oxygens (including phenoxy) is 4. The number of carbonyl (C=O) groups excluding carboxylic acids is 1. The van der Waals surface area contributed by atoms with Crippen molar-refractivity contribution in [1.29, 1.82) is 0 Å². The summed E-state index contributed by atoms with van der Waals surface area (Å²) in [5.41, 5.74) is 0. The number of rotatable bonds is 44. The van der Waals surface area contributed by atoms with Crippen molar-refractivity contribution in [2.24, 2.45) is 0 Å². The van der Waals surface area contributed by atoms with Gasteiger partial charge in [0.05, 0.1) is 19.8 Å². The van der Waals surface area contributed by atoms with Gasteiger partial charge in [-0.25, -0.2) is 0 Å². The Morgan fingerprint density at radius 1 is 0.524 bits per heavy atom. The van der Waals surface area contributed by atoms with E-state index in [1.54, 1.807) is 0 Å². The summed E-state index contributed by atoms with van der Waals surface area (Å²) >= 11 is 0. The molecule has 9 heteroatoms. The lowest BCUT2D eigenvalue weighted by atomic mass is 9.99. The van der Waals surface area contributed by atoms with Crippen molar-refractivity contribution >= 4 is 5.97 Å². The largest absolute Gasteiger partial charge is 0.457 e. The number of esters is 1. The van der Waals surface area contributed by atoms with Crippen molar-refractivity contribution in [2.75, 3.05) is 26.4 Å². The molecular weight excluding hydrogens is 793 g/mol. The molecule has 0 amide bonds. The van der Waals surface area contributed by atoms with E-state index in [9.17, 15) is 25.2 Å². The Labute approximate surface area is 385 Å². The second-order valence-corrected chi connectivity index (χ2v) is 17.6. The summed E-state index contributed by atoms with van der Waals surface area (Å²) in [4.78, 5) is 12.8. The predicted octanol–water partition coefficient (Wildman–Crippen LogP) is 12.6. The van der Waals surface area contributed by atoms with Crippen molar-refractivity contribution < 1.29 is 44.2 Å². The van der Waals surface area contributed by atoms with E-state index in [4.69, 9.17) is 18.9 Å². The highest BCUT2D eigenvalue weighted by atomic mass is 16.7. The van der Waals surface area contributed by atoms with Crippen LogP contribution >= 0.6 is 0 Å². The minimum Gasteiger partial charge on any atom is -0.457 e. The molecule has 0 aliphatic carbocycles. The summed E-state index contributed by atoms with van der Waals surface area (Å²) in [6.45, 7) is 4.36. The van der Waals surface area contributed by atoms with Crippen molar-refractivity contribution in [3.8, 4) is 0 Å². The zero-order valence-electron chi connectivity index (χ0n) is 40.3.